The molecule has 1 amide bonds. The van der Waals surface area contributed by atoms with E-state index in [2.05, 4.69) is 5.32 Å². The van der Waals surface area contributed by atoms with E-state index < -0.39 is 0 Å². The number of thiophene rings is 1. The summed E-state index contributed by atoms with van der Waals surface area (Å²) in [6.07, 6.45) is 2.01. The zero-order valence-corrected chi connectivity index (χ0v) is 11.2. The molecule has 0 aliphatic carbocycles. The number of amides is 1. The second-order valence-corrected chi connectivity index (χ2v) is 5.63. The van der Waals surface area contributed by atoms with Gasteiger partial charge < -0.3 is 11.1 Å². The van der Waals surface area contributed by atoms with E-state index in [0.29, 0.717) is 17.1 Å². The second kappa shape index (κ2) is 5.42. The summed E-state index contributed by atoms with van der Waals surface area (Å²) in [6.45, 7) is 0.674. The summed E-state index contributed by atoms with van der Waals surface area (Å²) >= 11 is 3.15. The normalized spacial score (nSPS) is 10.6. The molecule has 1 aromatic heterocycles. The van der Waals surface area contributed by atoms with Crippen LogP contribution in [0.4, 0.5) is 5.69 Å². The minimum atomic E-state index is -0.0715. The highest BCUT2D eigenvalue weighted by atomic mass is 32.2. The highest BCUT2D eigenvalue weighted by Crippen LogP contribution is 2.33. The fourth-order valence-corrected chi connectivity index (χ4v) is 2.93. The third-order valence-electron chi connectivity index (χ3n) is 2.43. The monoisotopic (exact) mass is 266 g/mol. The lowest BCUT2D eigenvalue weighted by molar-refractivity contribution is 0.0961. The van der Waals surface area contributed by atoms with Gasteiger partial charge in [0.1, 0.15) is 4.88 Å². The molecule has 0 saturated carbocycles. The van der Waals surface area contributed by atoms with Crippen LogP contribution < -0.4 is 11.1 Å². The van der Waals surface area contributed by atoms with Crippen molar-refractivity contribution in [3.63, 3.8) is 0 Å². The van der Waals surface area contributed by atoms with Gasteiger partial charge in [0.25, 0.3) is 5.91 Å². The number of fused-ring (bicyclic) bond motifs is 1. The molecule has 0 aliphatic heterocycles. The van der Waals surface area contributed by atoms with Crippen molar-refractivity contribution in [3.05, 3.63) is 29.1 Å². The second-order valence-electron chi connectivity index (χ2n) is 3.59. The molecule has 3 nitrogen and oxygen atoms in total. The van der Waals surface area contributed by atoms with Crippen molar-refractivity contribution < 1.29 is 4.79 Å². The highest BCUT2D eigenvalue weighted by Gasteiger charge is 2.15. The number of nitrogens with one attached hydrogen (secondary N) is 1. The maximum atomic E-state index is 11.9. The smallest absolute Gasteiger partial charge is 0.263 e. The number of hydrogen-bond acceptors (Lipinski definition) is 4. The zero-order chi connectivity index (χ0) is 12.3. The van der Waals surface area contributed by atoms with E-state index in [1.807, 2.05) is 30.5 Å². The van der Waals surface area contributed by atoms with E-state index >= 15 is 0 Å². The Balaban J connectivity index is 2.23. The van der Waals surface area contributed by atoms with Gasteiger partial charge in [0.2, 0.25) is 0 Å². The maximum absolute atomic E-state index is 11.9. The summed E-state index contributed by atoms with van der Waals surface area (Å²) in [4.78, 5) is 12.5. The molecule has 0 radical (unpaired) electrons. The average molecular weight is 266 g/mol. The van der Waals surface area contributed by atoms with Gasteiger partial charge in [-0.2, -0.15) is 11.8 Å². The van der Waals surface area contributed by atoms with Gasteiger partial charge in [-0.1, -0.05) is 18.2 Å². The molecular weight excluding hydrogens is 252 g/mol. The first-order chi connectivity index (χ1) is 8.24. The Hall–Kier alpha value is -1.20. The summed E-state index contributed by atoms with van der Waals surface area (Å²) < 4.78 is 1.06. The first kappa shape index (κ1) is 12.3. The Labute approximate surface area is 108 Å². The average Bonchev–Trinajstić information content (AvgIpc) is 2.68. The van der Waals surface area contributed by atoms with Gasteiger partial charge in [-0.3, -0.25) is 4.79 Å². The standard InChI is InChI=1S/C12H14N2OS2/c1-16-7-6-14-12(15)11-10(13)8-4-2-3-5-9(8)17-11/h2-5H,6-7,13H2,1H3,(H,14,15). The fraction of sp³-hybridized carbons (Fsp3) is 0.250. The van der Waals surface area contributed by atoms with Gasteiger partial charge >= 0.3 is 0 Å². The highest BCUT2D eigenvalue weighted by molar-refractivity contribution is 7.98. The van der Waals surface area contributed by atoms with E-state index in [1.54, 1.807) is 11.8 Å². The number of carbonyl (C=O) groups excluding carboxylic acids is 1. The van der Waals surface area contributed by atoms with Crippen LogP contribution in [0.2, 0.25) is 0 Å². The van der Waals surface area contributed by atoms with E-state index in [0.717, 1.165) is 15.8 Å². The molecule has 0 saturated heterocycles. The Morgan fingerprint density at radius 1 is 1.47 bits per heavy atom. The predicted octanol–water partition coefficient (Wildman–Crippen LogP) is 2.58. The number of nitrogens with two attached hydrogens (primary N) is 1. The van der Waals surface area contributed by atoms with Crippen molar-refractivity contribution in [1.29, 1.82) is 0 Å². The summed E-state index contributed by atoms with van der Waals surface area (Å²) in [5.74, 6) is 0.842. The van der Waals surface area contributed by atoms with E-state index in [4.69, 9.17) is 5.73 Å². The van der Waals surface area contributed by atoms with Gasteiger partial charge in [0.05, 0.1) is 5.69 Å². The van der Waals surface area contributed by atoms with E-state index in [-0.39, 0.29) is 5.91 Å². The minimum absolute atomic E-state index is 0.0715. The number of rotatable bonds is 4. The van der Waals surface area contributed by atoms with E-state index in [1.165, 1.54) is 11.3 Å². The maximum Gasteiger partial charge on any atom is 0.263 e. The molecule has 0 bridgehead atoms. The first-order valence-electron chi connectivity index (χ1n) is 5.28. The van der Waals surface area contributed by atoms with Crippen LogP contribution in [-0.4, -0.2) is 24.5 Å². The molecule has 1 aromatic carbocycles. The molecule has 2 rings (SSSR count). The van der Waals surface area contributed by atoms with Crippen molar-refractivity contribution in [3.8, 4) is 0 Å². The SMILES string of the molecule is CSCCNC(=O)c1sc2ccccc2c1N. The molecule has 0 fully saturated rings. The Kier molecular flexibility index (Phi) is 3.91. The summed E-state index contributed by atoms with van der Waals surface area (Å²) in [7, 11) is 0. The number of thioether (sulfide) groups is 1. The molecule has 0 unspecified atom stereocenters. The van der Waals surface area contributed by atoms with Crippen LogP contribution in [0.3, 0.4) is 0 Å². The van der Waals surface area contributed by atoms with Gasteiger partial charge in [-0.25, -0.2) is 0 Å². The molecule has 0 atom stereocenters. The lowest BCUT2D eigenvalue weighted by Gasteiger charge is -2.02. The number of anilines is 1. The summed E-state index contributed by atoms with van der Waals surface area (Å²) in [5.41, 5.74) is 6.58. The van der Waals surface area contributed by atoms with Crippen molar-refractivity contribution >= 4 is 44.8 Å². The largest absolute Gasteiger partial charge is 0.397 e. The zero-order valence-electron chi connectivity index (χ0n) is 9.53. The molecule has 17 heavy (non-hydrogen) atoms. The minimum Gasteiger partial charge on any atom is -0.397 e. The molecule has 5 heteroatoms. The van der Waals surface area contributed by atoms with Crippen molar-refractivity contribution in [2.45, 2.75) is 0 Å². The first-order valence-corrected chi connectivity index (χ1v) is 7.49. The van der Waals surface area contributed by atoms with Crippen LogP contribution in [0.5, 0.6) is 0 Å². The Morgan fingerprint density at radius 2 is 2.24 bits per heavy atom. The quantitative estimate of drug-likeness (QED) is 0.836. The number of benzene rings is 1. The summed E-state index contributed by atoms with van der Waals surface area (Å²) in [6, 6.07) is 7.81. The molecule has 1 heterocycles. The Morgan fingerprint density at radius 3 is 2.94 bits per heavy atom. The van der Waals surface area contributed by atoms with Crippen LogP contribution >= 0.6 is 23.1 Å². The number of hydrogen-bond donors (Lipinski definition) is 2. The predicted molar refractivity (Wildman–Crippen MR) is 77.0 cm³/mol. The molecule has 90 valence electrons. The van der Waals surface area contributed by atoms with Crippen LogP contribution in [0.1, 0.15) is 9.67 Å². The third-order valence-corrected chi connectivity index (χ3v) is 4.23. The number of carbonyl (C=O) groups is 1. The van der Waals surface area contributed by atoms with Crippen molar-refractivity contribution in [2.75, 3.05) is 24.3 Å². The molecular formula is C12H14N2OS2. The van der Waals surface area contributed by atoms with Gasteiger partial charge in [0.15, 0.2) is 0 Å². The summed E-state index contributed by atoms with van der Waals surface area (Å²) in [5, 5.41) is 3.84. The molecule has 0 spiro atoms. The third kappa shape index (κ3) is 2.56. The van der Waals surface area contributed by atoms with Crippen LogP contribution in [0.15, 0.2) is 24.3 Å². The lowest BCUT2D eigenvalue weighted by atomic mass is 10.2. The van der Waals surface area contributed by atoms with Gasteiger partial charge in [-0.05, 0) is 12.3 Å². The fourth-order valence-electron chi connectivity index (χ4n) is 1.58. The van der Waals surface area contributed by atoms with Crippen molar-refractivity contribution in [1.82, 2.24) is 5.32 Å². The topological polar surface area (TPSA) is 55.1 Å². The van der Waals surface area contributed by atoms with Crippen LogP contribution in [0.25, 0.3) is 10.1 Å². The van der Waals surface area contributed by atoms with Gasteiger partial charge in [0, 0.05) is 22.4 Å². The molecule has 0 aliphatic rings. The lowest BCUT2D eigenvalue weighted by Crippen LogP contribution is -2.25. The molecule has 2 aromatic rings. The molecule has 3 N–H and O–H groups in total. The van der Waals surface area contributed by atoms with Crippen molar-refractivity contribution in [2.24, 2.45) is 0 Å². The van der Waals surface area contributed by atoms with E-state index in [9.17, 15) is 4.79 Å². The van der Waals surface area contributed by atoms with Crippen LogP contribution in [0, 0.1) is 0 Å². The Bertz CT molecular complexity index is 536. The van der Waals surface area contributed by atoms with Crippen LogP contribution in [-0.2, 0) is 0 Å². The number of nitrogen functional groups attached to an aromatic ring is 1. The van der Waals surface area contributed by atoms with Gasteiger partial charge in [-0.15, -0.1) is 11.3 Å².